The first kappa shape index (κ1) is 17.7. The lowest BCUT2D eigenvalue weighted by molar-refractivity contribution is -0.141. The van der Waals surface area contributed by atoms with Gasteiger partial charge in [0.25, 0.3) is 0 Å². The number of benzene rings is 2. The lowest BCUT2D eigenvalue weighted by Crippen LogP contribution is -2.15. The third kappa shape index (κ3) is 5.18. The molecule has 2 rings (SSSR count). The Bertz CT molecular complexity index is 711. The van der Waals surface area contributed by atoms with E-state index < -0.39 is 5.97 Å². The van der Waals surface area contributed by atoms with Crippen LogP contribution in [0.1, 0.15) is 15.9 Å². The van der Waals surface area contributed by atoms with E-state index in [9.17, 15) is 9.59 Å². The molecule has 0 unspecified atom stereocenters. The zero-order valence-electron chi connectivity index (χ0n) is 12.3. The van der Waals surface area contributed by atoms with Gasteiger partial charge in [-0.2, -0.15) is 0 Å². The van der Waals surface area contributed by atoms with Gasteiger partial charge in [-0.1, -0.05) is 34.1 Å². The number of hydrogen-bond donors (Lipinski definition) is 0. The van der Waals surface area contributed by atoms with Crippen LogP contribution in [0, 0.1) is 0 Å². The monoisotopic (exact) mass is 440 g/mol. The molecule has 23 heavy (non-hydrogen) atoms. The molecular formula is C17H14Br2O4. The van der Waals surface area contributed by atoms with Crippen molar-refractivity contribution < 1.29 is 19.1 Å². The van der Waals surface area contributed by atoms with Gasteiger partial charge in [0.2, 0.25) is 0 Å². The number of ketones is 1. The van der Waals surface area contributed by atoms with Crippen LogP contribution in [0.25, 0.3) is 0 Å². The fourth-order valence-electron chi connectivity index (χ4n) is 1.90. The predicted octanol–water partition coefficient (Wildman–Crippen LogP) is 4.19. The van der Waals surface area contributed by atoms with Gasteiger partial charge >= 0.3 is 5.97 Å². The molecule has 120 valence electrons. The second kappa shape index (κ2) is 8.26. The minimum Gasteiger partial charge on any atom is -0.496 e. The summed E-state index contributed by atoms with van der Waals surface area (Å²) in [6.45, 7) is -0.266. The first-order valence-corrected chi connectivity index (χ1v) is 8.35. The highest BCUT2D eigenvalue weighted by Crippen LogP contribution is 2.25. The standard InChI is InChI=1S/C17H14Br2O4/c1-22-16-7-2-11(8-14(16)19)9-17(21)23-10-15(20)12-3-5-13(18)6-4-12/h2-8H,9-10H2,1H3. The molecule has 6 heteroatoms. The Morgan fingerprint density at radius 3 is 2.35 bits per heavy atom. The third-order valence-electron chi connectivity index (χ3n) is 3.10. The average molecular weight is 442 g/mol. The average Bonchev–Trinajstić information content (AvgIpc) is 2.53. The molecule has 0 aromatic heterocycles. The number of halogens is 2. The third-order valence-corrected chi connectivity index (χ3v) is 4.24. The zero-order valence-corrected chi connectivity index (χ0v) is 15.5. The summed E-state index contributed by atoms with van der Waals surface area (Å²) in [7, 11) is 1.57. The predicted molar refractivity (Wildman–Crippen MR) is 93.8 cm³/mol. The fourth-order valence-corrected chi connectivity index (χ4v) is 2.76. The van der Waals surface area contributed by atoms with Crippen LogP contribution in [0.5, 0.6) is 5.75 Å². The summed E-state index contributed by atoms with van der Waals surface area (Å²) >= 11 is 6.66. The van der Waals surface area contributed by atoms with Gasteiger partial charge in [-0.15, -0.1) is 0 Å². The normalized spacial score (nSPS) is 10.2. The van der Waals surface area contributed by atoms with Crippen LogP contribution in [-0.4, -0.2) is 25.5 Å². The molecule has 0 saturated heterocycles. The Hall–Kier alpha value is -1.66. The van der Waals surface area contributed by atoms with E-state index in [4.69, 9.17) is 9.47 Å². The maximum Gasteiger partial charge on any atom is 0.310 e. The topological polar surface area (TPSA) is 52.6 Å². The lowest BCUT2D eigenvalue weighted by Gasteiger charge is -2.07. The summed E-state index contributed by atoms with van der Waals surface area (Å²) in [5, 5.41) is 0. The van der Waals surface area contributed by atoms with Crippen molar-refractivity contribution in [1.82, 2.24) is 0 Å². The summed E-state index contributed by atoms with van der Waals surface area (Å²) in [6, 6.07) is 12.2. The highest BCUT2D eigenvalue weighted by molar-refractivity contribution is 9.10. The van der Waals surface area contributed by atoms with Crippen LogP contribution >= 0.6 is 31.9 Å². The van der Waals surface area contributed by atoms with Crippen molar-refractivity contribution in [2.45, 2.75) is 6.42 Å². The maximum absolute atomic E-state index is 11.9. The molecule has 0 aliphatic carbocycles. The molecule has 0 N–H and O–H groups in total. The molecule has 0 fully saturated rings. The highest BCUT2D eigenvalue weighted by atomic mass is 79.9. The zero-order chi connectivity index (χ0) is 16.8. The minimum absolute atomic E-state index is 0.0935. The highest BCUT2D eigenvalue weighted by Gasteiger charge is 2.11. The summed E-state index contributed by atoms with van der Waals surface area (Å²) < 4.78 is 11.8. The lowest BCUT2D eigenvalue weighted by atomic mass is 10.1. The quantitative estimate of drug-likeness (QED) is 0.498. The Balaban J connectivity index is 1.88. The van der Waals surface area contributed by atoms with Gasteiger partial charge < -0.3 is 9.47 Å². The van der Waals surface area contributed by atoms with E-state index in [0.29, 0.717) is 11.3 Å². The van der Waals surface area contributed by atoms with Crippen molar-refractivity contribution in [3.63, 3.8) is 0 Å². The molecule has 0 aliphatic rings. The van der Waals surface area contributed by atoms with Crippen molar-refractivity contribution in [3.05, 3.63) is 62.5 Å². The number of rotatable bonds is 6. The summed E-state index contributed by atoms with van der Waals surface area (Å²) in [4.78, 5) is 23.8. The van der Waals surface area contributed by atoms with Gasteiger partial charge in [0, 0.05) is 10.0 Å². The second-order valence-electron chi connectivity index (χ2n) is 4.74. The Morgan fingerprint density at radius 2 is 1.74 bits per heavy atom. The Morgan fingerprint density at radius 1 is 1.04 bits per heavy atom. The van der Waals surface area contributed by atoms with Crippen molar-refractivity contribution in [2.24, 2.45) is 0 Å². The van der Waals surface area contributed by atoms with Crippen LogP contribution in [0.15, 0.2) is 51.4 Å². The number of ether oxygens (including phenoxy) is 2. The largest absolute Gasteiger partial charge is 0.496 e. The van der Waals surface area contributed by atoms with E-state index in [1.807, 2.05) is 0 Å². The van der Waals surface area contributed by atoms with Crippen LogP contribution in [-0.2, 0) is 16.0 Å². The van der Waals surface area contributed by atoms with Gasteiger partial charge in [0.1, 0.15) is 5.75 Å². The molecule has 0 bridgehead atoms. The van der Waals surface area contributed by atoms with Gasteiger partial charge in [0.15, 0.2) is 12.4 Å². The number of carbonyl (C=O) groups excluding carboxylic acids is 2. The van der Waals surface area contributed by atoms with E-state index in [2.05, 4.69) is 31.9 Å². The van der Waals surface area contributed by atoms with Crippen molar-refractivity contribution >= 4 is 43.6 Å². The number of methoxy groups -OCH3 is 1. The number of hydrogen-bond acceptors (Lipinski definition) is 4. The van der Waals surface area contributed by atoms with Gasteiger partial charge in [-0.25, -0.2) is 0 Å². The molecule has 0 amide bonds. The molecule has 2 aromatic rings. The smallest absolute Gasteiger partial charge is 0.310 e. The van der Waals surface area contributed by atoms with Crippen molar-refractivity contribution in [1.29, 1.82) is 0 Å². The number of carbonyl (C=O) groups is 2. The molecule has 0 saturated carbocycles. The van der Waals surface area contributed by atoms with E-state index in [1.54, 1.807) is 49.6 Å². The van der Waals surface area contributed by atoms with Crippen molar-refractivity contribution in [2.75, 3.05) is 13.7 Å². The van der Waals surface area contributed by atoms with E-state index in [0.717, 1.165) is 14.5 Å². The van der Waals surface area contributed by atoms with Crippen LogP contribution < -0.4 is 4.74 Å². The van der Waals surface area contributed by atoms with Crippen LogP contribution in [0.3, 0.4) is 0 Å². The summed E-state index contributed by atoms with van der Waals surface area (Å²) in [5.74, 6) is 0.00169. The fraction of sp³-hybridized carbons (Fsp3) is 0.176. The second-order valence-corrected chi connectivity index (χ2v) is 6.51. The van der Waals surface area contributed by atoms with Crippen LogP contribution in [0.2, 0.25) is 0 Å². The first-order chi connectivity index (χ1) is 11.0. The van der Waals surface area contributed by atoms with Crippen molar-refractivity contribution in [3.8, 4) is 5.75 Å². The molecule has 0 radical (unpaired) electrons. The number of Topliss-reactive ketones (excluding diaryl/α,β-unsaturated/α-hetero) is 1. The first-order valence-electron chi connectivity index (χ1n) is 6.76. The SMILES string of the molecule is COc1ccc(CC(=O)OCC(=O)c2ccc(Br)cc2)cc1Br. The summed E-state index contributed by atoms with van der Waals surface area (Å²) in [6.07, 6.45) is 0.0935. The molecule has 0 heterocycles. The maximum atomic E-state index is 11.9. The van der Waals surface area contributed by atoms with Gasteiger partial charge in [0.05, 0.1) is 18.0 Å². The van der Waals surface area contributed by atoms with Crippen LogP contribution in [0.4, 0.5) is 0 Å². The molecule has 0 spiro atoms. The molecule has 0 aliphatic heterocycles. The summed E-state index contributed by atoms with van der Waals surface area (Å²) in [5.41, 5.74) is 1.28. The Kier molecular flexibility index (Phi) is 6.36. The Labute approximate surface area is 151 Å². The van der Waals surface area contributed by atoms with E-state index in [1.165, 1.54) is 0 Å². The van der Waals surface area contributed by atoms with Gasteiger partial charge in [-0.05, 0) is 45.8 Å². The van der Waals surface area contributed by atoms with Gasteiger partial charge in [-0.3, -0.25) is 9.59 Å². The van der Waals surface area contributed by atoms with E-state index >= 15 is 0 Å². The number of esters is 1. The minimum atomic E-state index is -0.451. The molecule has 0 atom stereocenters. The molecular weight excluding hydrogens is 428 g/mol. The van der Waals surface area contributed by atoms with E-state index in [-0.39, 0.29) is 18.8 Å². The molecule has 2 aromatic carbocycles. The molecule has 4 nitrogen and oxygen atoms in total.